The summed E-state index contributed by atoms with van der Waals surface area (Å²) in [5.41, 5.74) is 3.55. The molecule has 2 N–H and O–H groups in total. The Morgan fingerprint density at radius 1 is 1.30 bits per heavy atom. The average molecular weight is 428 g/mol. The normalized spacial score (nSPS) is 12.7. The molecular formula is C21H23ClFN7. The van der Waals surface area contributed by atoms with Crippen LogP contribution in [0.25, 0.3) is 5.70 Å². The first-order chi connectivity index (χ1) is 14.4. The molecule has 0 saturated heterocycles. The molecule has 9 heteroatoms. The van der Waals surface area contributed by atoms with Gasteiger partial charge in [0, 0.05) is 54.7 Å². The molecule has 0 saturated carbocycles. The van der Waals surface area contributed by atoms with Crippen LogP contribution in [0.15, 0.2) is 37.3 Å². The predicted octanol–water partition coefficient (Wildman–Crippen LogP) is 4.48. The van der Waals surface area contributed by atoms with Gasteiger partial charge in [-0.3, -0.25) is 0 Å². The van der Waals surface area contributed by atoms with E-state index in [1.807, 2.05) is 29.6 Å². The molecule has 7 nitrogen and oxygen atoms in total. The number of halogens is 2. The standard InChI is InChI=1S/C21H23ClFN7/c1-13-11-29(12-26-13)14(2)4-6-25-21-27-19(24-3)18-5-7-30(20(18)28-21)17-9-15(22)8-16(23)10-17/h8-12H,2,4-7H2,1,3H3,(H2,24,25,27,28). The van der Waals surface area contributed by atoms with Crippen LogP contribution in [0.5, 0.6) is 0 Å². The number of hydrogen-bond donors (Lipinski definition) is 2. The van der Waals surface area contributed by atoms with Gasteiger partial charge in [0.1, 0.15) is 17.5 Å². The second kappa shape index (κ2) is 8.31. The summed E-state index contributed by atoms with van der Waals surface area (Å²) >= 11 is 6.06. The number of nitrogens with zero attached hydrogens (tertiary/aromatic N) is 5. The predicted molar refractivity (Wildman–Crippen MR) is 119 cm³/mol. The Morgan fingerprint density at radius 3 is 2.83 bits per heavy atom. The molecule has 4 rings (SSSR count). The zero-order valence-corrected chi connectivity index (χ0v) is 17.7. The summed E-state index contributed by atoms with van der Waals surface area (Å²) in [7, 11) is 1.83. The van der Waals surface area contributed by atoms with E-state index in [2.05, 4.69) is 27.2 Å². The largest absolute Gasteiger partial charge is 0.373 e. The van der Waals surface area contributed by atoms with E-state index in [1.54, 1.807) is 12.4 Å². The van der Waals surface area contributed by atoms with E-state index in [4.69, 9.17) is 16.6 Å². The Morgan fingerprint density at radius 2 is 2.13 bits per heavy atom. The van der Waals surface area contributed by atoms with Crippen LogP contribution in [0.1, 0.15) is 17.7 Å². The fraction of sp³-hybridized carbons (Fsp3) is 0.286. The third-order valence-corrected chi connectivity index (χ3v) is 5.21. The van der Waals surface area contributed by atoms with E-state index in [1.165, 1.54) is 12.1 Å². The molecule has 0 bridgehead atoms. The molecule has 1 aliphatic heterocycles. The Labute approximate surface area is 179 Å². The molecule has 0 radical (unpaired) electrons. The summed E-state index contributed by atoms with van der Waals surface area (Å²) < 4.78 is 15.8. The van der Waals surface area contributed by atoms with Crippen LogP contribution < -0.4 is 15.5 Å². The molecule has 156 valence electrons. The van der Waals surface area contributed by atoms with Crippen LogP contribution in [0.3, 0.4) is 0 Å². The second-order valence-corrected chi connectivity index (χ2v) is 7.58. The maximum atomic E-state index is 13.9. The van der Waals surface area contributed by atoms with Gasteiger partial charge in [0.05, 0.1) is 12.0 Å². The molecule has 0 atom stereocenters. The minimum Gasteiger partial charge on any atom is -0.373 e. The highest BCUT2D eigenvalue weighted by Crippen LogP contribution is 2.38. The second-order valence-electron chi connectivity index (χ2n) is 7.14. The van der Waals surface area contributed by atoms with Gasteiger partial charge in [-0.15, -0.1) is 0 Å². The summed E-state index contributed by atoms with van der Waals surface area (Å²) in [6.45, 7) is 7.34. The molecule has 3 heterocycles. The van der Waals surface area contributed by atoms with Crippen molar-refractivity contribution in [1.29, 1.82) is 0 Å². The van der Waals surface area contributed by atoms with Crippen molar-refractivity contribution in [3.63, 3.8) is 0 Å². The van der Waals surface area contributed by atoms with Crippen LogP contribution >= 0.6 is 11.6 Å². The van der Waals surface area contributed by atoms with Gasteiger partial charge in [-0.25, -0.2) is 9.37 Å². The number of fused-ring (bicyclic) bond motifs is 1. The van der Waals surface area contributed by atoms with Crippen molar-refractivity contribution >= 4 is 40.6 Å². The molecule has 0 unspecified atom stereocenters. The Hall–Kier alpha value is -3.13. The van der Waals surface area contributed by atoms with Gasteiger partial charge in [-0.05, 0) is 31.5 Å². The van der Waals surface area contributed by atoms with Crippen molar-refractivity contribution in [1.82, 2.24) is 19.5 Å². The monoisotopic (exact) mass is 427 g/mol. The van der Waals surface area contributed by atoms with Gasteiger partial charge >= 0.3 is 0 Å². The summed E-state index contributed by atoms with van der Waals surface area (Å²) in [6.07, 6.45) is 5.16. The number of benzene rings is 1. The van der Waals surface area contributed by atoms with Crippen molar-refractivity contribution in [3.05, 3.63) is 59.4 Å². The Bertz CT molecular complexity index is 1070. The highest BCUT2D eigenvalue weighted by molar-refractivity contribution is 6.30. The highest BCUT2D eigenvalue weighted by Gasteiger charge is 2.27. The lowest BCUT2D eigenvalue weighted by Crippen LogP contribution is -2.16. The first-order valence-electron chi connectivity index (χ1n) is 9.69. The summed E-state index contributed by atoms with van der Waals surface area (Å²) in [5.74, 6) is 1.64. The molecule has 0 spiro atoms. The lowest BCUT2D eigenvalue weighted by molar-refractivity contribution is 0.627. The lowest BCUT2D eigenvalue weighted by Gasteiger charge is -2.20. The van der Waals surface area contributed by atoms with Crippen molar-refractivity contribution in [2.24, 2.45) is 0 Å². The van der Waals surface area contributed by atoms with Gasteiger partial charge in [-0.1, -0.05) is 18.2 Å². The fourth-order valence-corrected chi connectivity index (χ4v) is 3.75. The van der Waals surface area contributed by atoms with Crippen LogP contribution in [-0.4, -0.2) is 39.7 Å². The highest BCUT2D eigenvalue weighted by atomic mass is 35.5. The Balaban J connectivity index is 1.53. The van der Waals surface area contributed by atoms with Gasteiger partial charge in [-0.2, -0.15) is 9.97 Å². The molecule has 0 fully saturated rings. The van der Waals surface area contributed by atoms with Gasteiger partial charge in [0.15, 0.2) is 0 Å². The minimum absolute atomic E-state index is 0.355. The number of nitrogens with one attached hydrogen (secondary N) is 2. The third-order valence-electron chi connectivity index (χ3n) is 5.00. The summed E-state index contributed by atoms with van der Waals surface area (Å²) in [6, 6.07) is 4.50. The summed E-state index contributed by atoms with van der Waals surface area (Å²) in [5, 5.41) is 6.76. The maximum absolute atomic E-state index is 13.9. The van der Waals surface area contributed by atoms with Crippen LogP contribution in [0.4, 0.5) is 27.7 Å². The molecule has 30 heavy (non-hydrogen) atoms. The number of hydrogen-bond acceptors (Lipinski definition) is 6. The SMILES string of the molecule is C=C(CCNc1nc(NC)c2c(n1)N(c1cc(F)cc(Cl)c1)CC2)n1cnc(C)c1. The van der Waals surface area contributed by atoms with E-state index in [0.29, 0.717) is 36.2 Å². The van der Waals surface area contributed by atoms with Crippen LogP contribution in [0.2, 0.25) is 5.02 Å². The molecule has 1 aromatic carbocycles. The zero-order valence-electron chi connectivity index (χ0n) is 16.9. The van der Waals surface area contributed by atoms with Gasteiger partial charge in [0.25, 0.3) is 0 Å². The van der Waals surface area contributed by atoms with E-state index >= 15 is 0 Å². The maximum Gasteiger partial charge on any atom is 0.226 e. The summed E-state index contributed by atoms with van der Waals surface area (Å²) in [4.78, 5) is 15.5. The van der Waals surface area contributed by atoms with Crippen molar-refractivity contribution in [2.45, 2.75) is 19.8 Å². The van der Waals surface area contributed by atoms with Crippen molar-refractivity contribution in [2.75, 3.05) is 35.7 Å². The van der Waals surface area contributed by atoms with Gasteiger partial charge < -0.3 is 20.1 Å². The molecule has 0 amide bonds. The van der Waals surface area contributed by atoms with E-state index in [0.717, 1.165) is 35.0 Å². The number of aryl methyl sites for hydroxylation is 1. The molecular weight excluding hydrogens is 405 g/mol. The molecule has 3 aromatic rings. The van der Waals surface area contributed by atoms with Crippen molar-refractivity contribution in [3.8, 4) is 0 Å². The topological polar surface area (TPSA) is 70.9 Å². The van der Waals surface area contributed by atoms with E-state index in [-0.39, 0.29) is 5.82 Å². The Kier molecular flexibility index (Phi) is 5.59. The number of anilines is 4. The van der Waals surface area contributed by atoms with E-state index < -0.39 is 0 Å². The van der Waals surface area contributed by atoms with Gasteiger partial charge in [0.2, 0.25) is 5.95 Å². The first-order valence-corrected chi connectivity index (χ1v) is 10.1. The smallest absolute Gasteiger partial charge is 0.226 e. The number of rotatable bonds is 7. The van der Waals surface area contributed by atoms with Crippen LogP contribution in [0, 0.1) is 12.7 Å². The number of imidazole rings is 1. The lowest BCUT2D eigenvalue weighted by atomic mass is 10.2. The fourth-order valence-electron chi connectivity index (χ4n) is 3.53. The quantitative estimate of drug-likeness (QED) is 0.579. The number of aromatic nitrogens is 4. The molecule has 0 aliphatic carbocycles. The third kappa shape index (κ3) is 4.09. The molecule has 1 aliphatic rings. The van der Waals surface area contributed by atoms with E-state index in [9.17, 15) is 4.39 Å². The minimum atomic E-state index is -0.375. The van der Waals surface area contributed by atoms with Crippen molar-refractivity contribution < 1.29 is 4.39 Å². The molecule has 2 aromatic heterocycles. The zero-order chi connectivity index (χ0) is 21.3. The van der Waals surface area contributed by atoms with Crippen LogP contribution in [-0.2, 0) is 6.42 Å². The average Bonchev–Trinajstić information content (AvgIpc) is 3.33. The first kappa shape index (κ1) is 20.2.